The number of nitrogens with zero attached hydrogens (tertiary/aromatic N) is 3. The van der Waals surface area contributed by atoms with Crippen LogP contribution >= 0.6 is 0 Å². The molecule has 2 heterocycles. The van der Waals surface area contributed by atoms with Crippen LogP contribution in [-0.2, 0) is 22.7 Å². The maximum atomic E-state index is 13.4. The Hall–Kier alpha value is -4.85. The molecule has 42 heavy (non-hydrogen) atoms. The van der Waals surface area contributed by atoms with Crippen molar-refractivity contribution in [3.05, 3.63) is 119 Å². The zero-order valence-electron chi connectivity index (χ0n) is 23.9. The summed E-state index contributed by atoms with van der Waals surface area (Å²) in [4.78, 5) is 32.3. The van der Waals surface area contributed by atoms with Gasteiger partial charge in [0.05, 0.1) is 24.5 Å². The van der Waals surface area contributed by atoms with Crippen molar-refractivity contribution in [2.24, 2.45) is 0 Å². The van der Waals surface area contributed by atoms with Gasteiger partial charge < -0.3 is 24.0 Å². The first-order valence-corrected chi connectivity index (χ1v) is 14.2. The Morgan fingerprint density at radius 3 is 2.38 bits per heavy atom. The molecule has 3 aromatic carbocycles. The number of hydrogen-bond acceptors (Lipinski definition) is 6. The zero-order valence-corrected chi connectivity index (χ0v) is 23.9. The van der Waals surface area contributed by atoms with E-state index in [4.69, 9.17) is 9.47 Å². The van der Waals surface area contributed by atoms with E-state index in [1.165, 1.54) is 0 Å². The third kappa shape index (κ3) is 6.54. The van der Waals surface area contributed by atoms with Crippen molar-refractivity contribution >= 4 is 17.4 Å². The predicted molar refractivity (Wildman–Crippen MR) is 160 cm³/mol. The van der Waals surface area contributed by atoms with Crippen LogP contribution in [0.3, 0.4) is 0 Å². The highest BCUT2D eigenvalue weighted by Gasteiger charge is 2.45. The van der Waals surface area contributed by atoms with Crippen LogP contribution in [0.15, 0.2) is 97.1 Å². The molecule has 216 valence electrons. The number of Topliss-reactive ketones (excluding diaryl/α,β-unsaturated/α-hetero) is 1. The molecule has 0 bridgehead atoms. The number of hydrogen-bond donors (Lipinski definition) is 1. The summed E-state index contributed by atoms with van der Waals surface area (Å²) in [6.07, 6.45) is 6.77. The van der Waals surface area contributed by atoms with Crippen LogP contribution in [0, 0.1) is 6.92 Å². The summed E-state index contributed by atoms with van der Waals surface area (Å²) in [7, 11) is 0. The van der Waals surface area contributed by atoms with Gasteiger partial charge in [-0.15, -0.1) is 0 Å². The fourth-order valence-electron chi connectivity index (χ4n) is 5.10. The Kier molecular flexibility index (Phi) is 9.02. The first-order chi connectivity index (χ1) is 20.4. The van der Waals surface area contributed by atoms with E-state index in [1.807, 2.05) is 67.1 Å². The van der Waals surface area contributed by atoms with Gasteiger partial charge in [-0.2, -0.15) is 0 Å². The van der Waals surface area contributed by atoms with Crippen molar-refractivity contribution in [3.63, 3.8) is 0 Å². The highest BCUT2D eigenvalue weighted by Crippen LogP contribution is 2.40. The Balaban J connectivity index is 1.41. The quantitative estimate of drug-likeness (QED) is 0.127. The molecule has 1 aliphatic rings. The third-order valence-corrected chi connectivity index (χ3v) is 7.20. The van der Waals surface area contributed by atoms with Crippen LogP contribution in [0.25, 0.3) is 5.76 Å². The van der Waals surface area contributed by atoms with E-state index in [2.05, 4.69) is 11.1 Å². The third-order valence-electron chi connectivity index (χ3n) is 7.20. The lowest BCUT2D eigenvalue weighted by Gasteiger charge is -2.25. The molecule has 1 fully saturated rings. The highest BCUT2D eigenvalue weighted by atomic mass is 16.5. The van der Waals surface area contributed by atoms with Gasteiger partial charge in [-0.05, 0) is 67.3 Å². The monoisotopic (exact) mass is 565 g/mol. The number of aliphatic hydroxyl groups excluding tert-OH is 1. The number of aryl methyl sites for hydroxylation is 2. The SMILES string of the molecule is CCCOc1ccc(C2/C(=C(\O)c3ccc(OCc4cccc(C)c4)cc3)C(=O)C(=O)N2CCCn2ccnc2)cc1. The van der Waals surface area contributed by atoms with E-state index in [0.717, 1.165) is 23.1 Å². The molecule has 0 aliphatic carbocycles. The van der Waals surface area contributed by atoms with Gasteiger partial charge in [0.15, 0.2) is 0 Å². The van der Waals surface area contributed by atoms with Crippen molar-refractivity contribution in [3.8, 4) is 11.5 Å². The van der Waals surface area contributed by atoms with Crippen LogP contribution in [0.2, 0.25) is 0 Å². The Morgan fingerprint density at radius 2 is 1.69 bits per heavy atom. The lowest BCUT2D eigenvalue weighted by atomic mass is 9.95. The van der Waals surface area contributed by atoms with E-state index in [0.29, 0.717) is 49.8 Å². The summed E-state index contributed by atoms with van der Waals surface area (Å²) in [6, 6.07) is 21.6. The van der Waals surface area contributed by atoms with Gasteiger partial charge in [0.1, 0.15) is 23.9 Å². The van der Waals surface area contributed by atoms with E-state index in [9.17, 15) is 14.7 Å². The molecule has 1 N–H and O–H groups in total. The smallest absolute Gasteiger partial charge is 0.295 e. The number of ether oxygens (including phenoxy) is 2. The number of rotatable bonds is 12. The lowest BCUT2D eigenvalue weighted by molar-refractivity contribution is -0.139. The average Bonchev–Trinajstić information content (AvgIpc) is 3.62. The van der Waals surface area contributed by atoms with Crippen LogP contribution in [0.1, 0.15) is 48.1 Å². The van der Waals surface area contributed by atoms with Gasteiger partial charge >= 0.3 is 0 Å². The van der Waals surface area contributed by atoms with Gasteiger partial charge in [0, 0.05) is 31.0 Å². The summed E-state index contributed by atoms with van der Waals surface area (Å²) < 4.78 is 13.6. The first-order valence-electron chi connectivity index (χ1n) is 14.2. The molecule has 0 radical (unpaired) electrons. The molecule has 1 saturated heterocycles. The maximum Gasteiger partial charge on any atom is 0.295 e. The van der Waals surface area contributed by atoms with Crippen LogP contribution in [0.5, 0.6) is 11.5 Å². The summed E-state index contributed by atoms with van der Waals surface area (Å²) >= 11 is 0. The largest absolute Gasteiger partial charge is 0.507 e. The molecule has 4 aromatic rings. The maximum absolute atomic E-state index is 13.4. The number of amides is 1. The van der Waals surface area contributed by atoms with Gasteiger partial charge in [-0.3, -0.25) is 9.59 Å². The molecule has 8 heteroatoms. The second-order valence-corrected chi connectivity index (χ2v) is 10.4. The van der Waals surface area contributed by atoms with Crippen molar-refractivity contribution in [1.29, 1.82) is 0 Å². The van der Waals surface area contributed by atoms with Crippen molar-refractivity contribution < 1.29 is 24.2 Å². The molecule has 0 spiro atoms. The van der Waals surface area contributed by atoms with Crippen LogP contribution in [-0.4, -0.2) is 44.4 Å². The number of imidazole rings is 1. The molecular formula is C34H35N3O5. The number of likely N-dealkylation sites (tertiary alicyclic amines) is 1. The second-order valence-electron chi connectivity index (χ2n) is 10.4. The van der Waals surface area contributed by atoms with E-state index >= 15 is 0 Å². The van der Waals surface area contributed by atoms with E-state index in [1.54, 1.807) is 41.7 Å². The molecule has 1 amide bonds. The highest BCUT2D eigenvalue weighted by molar-refractivity contribution is 6.46. The zero-order chi connectivity index (χ0) is 29.5. The van der Waals surface area contributed by atoms with Crippen molar-refractivity contribution in [1.82, 2.24) is 14.5 Å². The second kappa shape index (κ2) is 13.2. The molecule has 1 aliphatic heterocycles. The van der Waals surface area contributed by atoms with Crippen molar-refractivity contribution in [2.45, 2.75) is 45.9 Å². The minimum absolute atomic E-state index is 0.0679. The Labute approximate surface area is 245 Å². The number of ketones is 1. The predicted octanol–water partition coefficient (Wildman–Crippen LogP) is 6.07. The number of aromatic nitrogens is 2. The number of benzene rings is 3. The summed E-state index contributed by atoms with van der Waals surface area (Å²) in [5.74, 6) is -0.207. The summed E-state index contributed by atoms with van der Waals surface area (Å²) in [5.41, 5.74) is 3.44. The number of aliphatic hydroxyl groups is 1. The fraction of sp³-hybridized carbons (Fsp3) is 0.265. The van der Waals surface area contributed by atoms with Gasteiger partial charge in [0.2, 0.25) is 0 Å². The lowest BCUT2D eigenvalue weighted by Crippen LogP contribution is -2.31. The van der Waals surface area contributed by atoms with Crippen molar-refractivity contribution in [2.75, 3.05) is 13.2 Å². The number of carbonyl (C=O) groups is 2. The Morgan fingerprint density at radius 1 is 0.952 bits per heavy atom. The topological polar surface area (TPSA) is 93.9 Å². The minimum atomic E-state index is -0.731. The summed E-state index contributed by atoms with van der Waals surface area (Å²) in [5, 5.41) is 11.4. The summed E-state index contributed by atoms with van der Waals surface area (Å²) in [6.45, 7) is 6.06. The molecule has 0 saturated carbocycles. The van der Waals surface area contributed by atoms with Crippen LogP contribution < -0.4 is 9.47 Å². The molecule has 1 atom stereocenters. The fourth-order valence-corrected chi connectivity index (χ4v) is 5.10. The Bertz CT molecular complexity index is 1540. The van der Waals surface area contributed by atoms with Gasteiger partial charge in [0.25, 0.3) is 11.7 Å². The number of carbonyl (C=O) groups excluding carboxylic acids is 2. The molecule has 1 aromatic heterocycles. The van der Waals surface area contributed by atoms with Crippen LogP contribution in [0.4, 0.5) is 0 Å². The van der Waals surface area contributed by atoms with Gasteiger partial charge in [-0.1, -0.05) is 48.9 Å². The standard InChI is InChI=1S/C34H35N3O5/c1-3-20-41-28-12-8-26(9-13-28)31-30(33(39)34(40)37(31)18-5-17-36-19-16-35-23-36)32(38)27-10-14-29(15-11-27)42-22-25-7-4-6-24(2)21-25/h4,6-16,19,21,23,31,38H,3,5,17-18,20,22H2,1-2H3/b32-30+. The molecule has 1 unspecified atom stereocenters. The molecule has 5 rings (SSSR count). The van der Waals surface area contributed by atoms with E-state index in [-0.39, 0.29) is 11.3 Å². The average molecular weight is 566 g/mol. The minimum Gasteiger partial charge on any atom is -0.507 e. The normalized spacial score (nSPS) is 16.1. The molecular weight excluding hydrogens is 530 g/mol. The molecule has 8 nitrogen and oxygen atoms in total. The van der Waals surface area contributed by atoms with Gasteiger partial charge in [-0.25, -0.2) is 4.98 Å². The first kappa shape index (κ1) is 28.7. The van der Waals surface area contributed by atoms with E-state index < -0.39 is 17.7 Å².